The van der Waals surface area contributed by atoms with E-state index in [1.165, 1.54) is 0 Å². The lowest BCUT2D eigenvalue weighted by Crippen LogP contribution is -2.38. The summed E-state index contributed by atoms with van der Waals surface area (Å²) < 4.78 is 11.2. The van der Waals surface area contributed by atoms with Crippen LogP contribution in [0.4, 0.5) is 0 Å². The van der Waals surface area contributed by atoms with Gasteiger partial charge in [0.1, 0.15) is 11.5 Å². The normalized spacial score (nSPS) is 18.9. The third-order valence-corrected chi connectivity index (χ3v) is 4.35. The van der Waals surface area contributed by atoms with Crippen molar-refractivity contribution in [3.05, 3.63) is 24.3 Å². The van der Waals surface area contributed by atoms with Crippen molar-refractivity contribution >= 4 is 11.8 Å². The number of ether oxygens (including phenoxy) is 2. The van der Waals surface area contributed by atoms with E-state index in [2.05, 4.69) is 24.5 Å². The number of carbonyl (C=O) groups excluding carboxylic acids is 2. The summed E-state index contributed by atoms with van der Waals surface area (Å²) in [5.74, 6) is 1.38. The lowest BCUT2D eigenvalue weighted by Gasteiger charge is -2.18. The fourth-order valence-electron chi connectivity index (χ4n) is 2.41. The molecule has 25 heavy (non-hydrogen) atoms. The minimum atomic E-state index is -0.447. The number of benzene rings is 1. The molecular weight excluding hydrogens is 320 g/mol. The first-order valence-electron chi connectivity index (χ1n) is 8.92. The zero-order valence-electron chi connectivity index (χ0n) is 15.2. The highest BCUT2D eigenvalue weighted by Crippen LogP contribution is 2.20. The molecule has 0 aliphatic carbocycles. The van der Waals surface area contributed by atoms with E-state index in [1.807, 2.05) is 6.92 Å². The molecule has 0 unspecified atom stereocenters. The largest absolute Gasteiger partial charge is 0.484 e. The van der Waals surface area contributed by atoms with Crippen LogP contribution in [-0.2, 0) is 9.59 Å². The molecule has 1 saturated heterocycles. The van der Waals surface area contributed by atoms with E-state index in [9.17, 15) is 9.59 Å². The van der Waals surface area contributed by atoms with Crippen molar-refractivity contribution in [1.29, 1.82) is 0 Å². The molecule has 1 fully saturated rings. The first-order valence-corrected chi connectivity index (χ1v) is 8.92. The van der Waals surface area contributed by atoms with Gasteiger partial charge in [0.2, 0.25) is 0 Å². The Labute approximate surface area is 149 Å². The molecule has 6 nitrogen and oxygen atoms in total. The van der Waals surface area contributed by atoms with Gasteiger partial charge in [-0.05, 0) is 56.4 Å². The molecule has 1 heterocycles. The van der Waals surface area contributed by atoms with Crippen molar-refractivity contribution in [2.24, 2.45) is 5.92 Å². The molecule has 1 aliphatic heterocycles. The van der Waals surface area contributed by atoms with Crippen LogP contribution < -0.4 is 20.1 Å². The fourth-order valence-corrected chi connectivity index (χ4v) is 2.41. The smallest absolute Gasteiger partial charge is 0.261 e. The van der Waals surface area contributed by atoms with Gasteiger partial charge in [0, 0.05) is 12.6 Å². The van der Waals surface area contributed by atoms with E-state index in [-0.39, 0.29) is 24.5 Å². The maximum atomic E-state index is 11.9. The molecule has 0 bridgehead atoms. The molecule has 0 aromatic heterocycles. The Morgan fingerprint density at radius 2 is 1.88 bits per heavy atom. The highest BCUT2D eigenvalue weighted by molar-refractivity contribution is 5.81. The minimum absolute atomic E-state index is 0.0255. The van der Waals surface area contributed by atoms with Crippen LogP contribution in [-0.4, -0.2) is 37.1 Å². The van der Waals surface area contributed by atoms with Gasteiger partial charge in [-0.1, -0.05) is 13.8 Å². The Morgan fingerprint density at radius 3 is 2.56 bits per heavy atom. The standard InChI is InChI=1S/C19H28N2O4/c1-13(2)14(3)21-18(22)12-24-15-7-9-16(10-8-15)25-17-6-4-5-11-20-19(17)23/h7-10,13-14,17H,4-6,11-12H2,1-3H3,(H,20,23)(H,21,22)/t14-,17-/m0/s1. The number of hydrogen-bond acceptors (Lipinski definition) is 4. The van der Waals surface area contributed by atoms with Crippen LogP contribution in [0.1, 0.15) is 40.0 Å². The number of rotatable bonds is 7. The maximum Gasteiger partial charge on any atom is 0.261 e. The number of amides is 2. The van der Waals surface area contributed by atoms with E-state index in [4.69, 9.17) is 9.47 Å². The van der Waals surface area contributed by atoms with Crippen molar-refractivity contribution in [1.82, 2.24) is 10.6 Å². The van der Waals surface area contributed by atoms with Crippen LogP contribution in [0.25, 0.3) is 0 Å². The zero-order valence-corrected chi connectivity index (χ0v) is 15.2. The molecule has 6 heteroatoms. The minimum Gasteiger partial charge on any atom is -0.484 e. The van der Waals surface area contributed by atoms with Gasteiger partial charge in [-0.15, -0.1) is 0 Å². The Balaban J connectivity index is 1.81. The van der Waals surface area contributed by atoms with Crippen LogP contribution in [0.15, 0.2) is 24.3 Å². The second-order valence-corrected chi connectivity index (χ2v) is 6.75. The van der Waals surface area contributed by atoms with Crippen molar-refractivity contribution in [3.63, 3.8) is 0 Å². The molecule has 1 aromatic rings. The Morgan fingerprint density at radius 1 is 1.20 bits per heavy atom. The molecule has 0 radical (unpaired) electrons. The molecule has 0 spiro atoms. The molecule has 138 valence electrons. The molecule has 2 rings (SSSR count). The Bertz CT molecular complexity index is 571. The lowest BCUT2D eigenvalue weighted by molar-refractivity contribution is -0.127. The lowest BCUT2D eigenvalue weighted by atomic mass is 10.1. The number of nitrogens with one attached hydrogen (secondary N) is 2. The van der Waals surface area contributed by atoms with E-state index < -0.39 is 6.10 Å². The molecule has 2 amide bonds. The second kappa shape index (κ2) is 9.30. The average Bonchev–Trinajstić information content (AvgIpc) is 2.79. The van der Waals surface area contributed by atoms with Crippen LogP contribution >= 0.6 is 0 Å². The summed E-state index contributed by atoms with van der Waals surface area (Å²) in [5.41, 5.74) is 0. The summed E-state index contributed by atoms with van der Waals surface area (Å²) in [6, 6.07) is 7.09. The Kier molecular flexibility index (Phi) is 7.10. The van der Waals surface area contributed by atoms with Crippen molar-refractivity contribution in [2.45, 2.75) is 52.2 Å². The van der Waals surface area contributed by atoms with E-state index in [1.54, 1.807) is 24.3 Å². The van der Waals surface area contributed by atoms with Crippen molar-refractivity contribution < 1.29 is 19.1 Å². The highest BCUT2D eigenvalue weighted by Gasteiger charge is 2.22. The van der Waals surface area contributed by atoms with Crippen LogP contribution in [0.5, 0.6) is 11.5 Å². The highest BCUT2D eigenvalue weighted by atomic mass is 16.5. The van der Waals surface area contributed by atoms with E-state index >= 15 is 0 Å². The van der Waals surface area contributed by atoms with Gasteiger partial charge in [-0.3, -0.25) is 9.59 Å². The molecule has 2 atom stereocenters. The number of hydrogen-bond donors (Lipinski definition) is 2. The van der Waals surface area contributed by atoms with Gasteiger partial charge in [-0.25, -0.2) is 0 Å². The van der Waals surface area contributed by atoms with E-state index in [0.29, 0.717) is 24.0 Å². The van der Waals surface area contributed by atoms with Crippen LogP contribution in [0.2, 0.25) is 0 Å². The monoisotopic (exact) mass is 348 g/mol. The molecule has 2 N–H and O–H groups in total. The van der Waals surface area contributed by atoms with Crippen molar-refractivity contribution in [3.8, 4) is 11.5 Å². The molecule has 1 aromatic carbocycles. The summed E-state index contributed by atoms with van der Waals surface area (Å²) in [7, 11) is 0. The SMILES string of the molecule is CC(C)[C@H](C)NC(=O)COc1ccc(O[C@H]2CCCCNC2=O)cc1. The number of carbonyl (C=O) groups is 2. The quantitative estimate of drug-likeness (QED) is 0.792. The van der Waals surface area contributed by atoms with Gasteiger partial charge >= 0.3 is 0 Å². The summed E-state index contributed by atoms with van der Waals surface area (Å²) >= 11 is 0. The predicted molar refractivity (Wildman–Crippen MR) is 95.7 cm³/mol. The predicted octanol–water partition coefficient (Wildman–Crippen LogP) is 2.27. The van der Waals surface area contributed by atoms with Gasteiger partial charge < -0.3 is 20.1 Å². The summed E-state index contributed by atoms with van der Waals surface area (Å²) in [4.78, 5) is 23.7. The van der Waals surface area contributed by atoms with E-state index in [0.717, 1.165) is 19.3 Å². The van der Waals surface area contributed by atoms with Crippen LogP contribution in [0.3, 0.4) is 0 Å². The first kappa shape index (κ1) is 19.1. The Hall–Kier alpha value is -2.24. The average molecular weight is 348 g/mol. The van der Waals surface area contributed by atoms with Gasteiger partial charge in [0.25, 0.3) is 11.8 Å². The topological polar surface area (TPSA) is 76.7 Å². The van der Waals surface area contributed by atoms with Crippen LogP contribution in [0, 0.1) is 5.92 Å². The summed E-state index contributed by atoms with van der Waals surface area (Å²) in [5, 5.41) is 5.74. The van der Waals surface area contributed by atoms with Gasteiger partial charge in [0.15, 0.2) is 12.7 Å². The summed E-state index contributed by atoms with van der Waals surface area (Å²) in [6.07, 6.45) is 2.22. The van der Waals surface area contributed by atoms with Crippen molar-refractivity contribution in [2.75, 3.05) is 13.2 Å². The van der Waals surface area contributed by atoms with Gasteiger partial charge in [0.05, 0.1) is 0 Å². The maximum absolute atomic E-state index is 11.9. The molecule has 1 aliphatic rings. The molecular formula is C19H28N2O4. The first-order chi connectivity index (χ1) is 12.0. The molecule has 0 saturated carbocycles. The zero-order chi connectivity index (χ0) is 18.2. The third-order valence-electron chi connectivity index (χ3n) is 4.35. The van der Waals surface area contributed by atoms with Gasteiger partial charge in [-0.2, -0.15) is 0 Å². The second-order valence-electron chi connectivity index (χ2n) is 6.75. The fraction of sp³-hybridized carbons (Fsp3) is 0.579. The summed E-state index contributed by atoms with van der Waals surface area (Å²) in [6.45, 7) is 6.77. The third kappa shape index (κ3) is 6.29.